The lowest BCUT2D eigenvalue weighted by Gasteiger charge is -2.32. The van der Waals surface area contributed by atoms with Crippen LogP contribution in [0.25, 0.3) is 22.4 Å². The number of methoxy groups -OCH3 is 1. The molecule has 2 N–H and O–H groups in total. The molecule has 1 fully saturated rings. The first-order chi connectivity index (χ1) is 13.7. The summed E-state index contributed by atoms with van der Waals surface area (Å²) < 4.78 is 5.26. The van der Waals surface area contributed by atoms with Crippen molar-refractivity contribution >= 4 is 11.0 Å². The van der Waals surface area contributed by atoms with Gasteiger partial charge in [-0.25, -0.2) is 4.98 Å². The number of piperidine rings is 1. The third-order valence-corrected chi connectivity index (χ3v) is 5.90. The standard InChI is InChI=1S/C23H30N4O/c1-16-14-19(17-8-11-27(12-9-17)13-10-24-2)15-21-22(16)26-23(25-21)18-4-6-20(28-3)7-5-18/h4-7,14-15,17,24H,8-13H2,1-3H3,(H,25,26). The van der Waals surface area contributed by atoms with E-state index >= 15 is 0 Å². The molecule has 2 heterocycles. The van der Waals surface area contributed by atoms with Gasteiger partial charge < -0.3 is 19.9 Å². The van der Waals surface area contributed by atoms with Gasteiger partial charge in [-0.3, -0.25) is 0 Å². The molecule has 5 heteroatoms. The fourth-order valence-corrected chi connectivity index (χ4v) is 4.20. The van der Waals surface area contributed by atoms with Gasteiger partial charge in [-0.2, -0.15) is 0 Å². The summed E-state index contributed by atoms with van der Waals surface area (Å²) in [5.41, 5.74) is 5.99. The Bertz CT molecular complexity index is 924. The molecule has 0 bridgehead atoms. The maximum Gasteiger partial charge on any atom is 0.138 e. The second-order valence-corrected chi connectivity index (χ2v) is 7.77. The van der Waals surface area contributed by atoms with E-state index in [1.165, 1.54) is 37.1 Å². The molecule has 0 amide bonds. The Labute approximate surface area is 167 Å². The number of hydrogen-bond acceptors (Lipinski definition) is 4. The summed E-state index contributed by atoms with van der Waals surface area (Å²) in [7, 11) is 3.71. The highest BCUT2D eigenvalue weighted by Gasteiger charge is 2.21. The zero-order chi connectivity index (χ0) is 19.5. The Kier molecular flexibility index (Phi) is 5.64. The molecule has 1 aliphatic rings. The highest BCUT2D eigenvalue weighted by molar-refractivity contribution is 5.83. The molecule has 28 heavy (non-hydrogen) atoms. The number of H-pyrrole nitrogens is 1. The first-order valence-electron chi connectivity index (χ1n) is 10.2. The summed E-state index contributed by atoms with van der Waals surface area (Å²) in [6.45, 7) is 6.75. The van der Waals surface area contributed by atoms with Crippen molar-refractivity contribution in [3.63, 3.8) is 0 Å². The number of hydrogen-bond donors (Lipinski definition) is 2. The molecule has 0 aliphatic carbocycles. The lowest BCUT2D eigenvalue weighted by atomic mass is 9.88. The smallest absolute Gasteiger partial charge is 0.138 e. The molecular formula is C23H30N4O. The van der Waals surface area contributed by atoms with Crippen LogP contribution in [0.5, 0.6) is 5.75 Å². The number of rotatable bonds is 6. The van der Waals surface area contributed by atoms with Crippen LogP contribution in [-0.4, -0.2) is 55.2 Å². The van der Waals surface area contributed by atoms with Gasteiger partial charge in [0.1, 0.15) is 11.6 Å². The first-order valence-corrected chi connectivity index (χ1v) is 10.2. The Morgan fingerprint density at radius 3 is 2.61 bits per heavy atom. The number of fused-ring (bicyclic) bond motifs is 1. The number of nitrogens with one attached hydrogen (secondary N) is 2. The molecule has 3 aromatic rings. The number of nitrogens with zero attached hydrogens (tertiary/aromatic N) is 2. The SMILES string of the molecule is CNCCN1CCC(c2cc(C)c3nc(-c4ccc(OC)cc4)[nH]c3c2)CC1. The van der Waals surface area contributed by atoms with Gasteiger partial charge in [0.05, 0.1) is 18.1 Å². The van der Waals surface area contributed by atoms with Crippen molar-refractivity contribution < 1.29 is 4.74 Å². The Hall–Kier alpha value is -2.37. The van der Waals surface area contributed by atoms with Gasteiger partial charge in [-0.1, -0.05) is 6.07 Å². The molecule has 0 radical (unpaired) electrons. The monoisotopic (exact) mass is 378 g/mol. The first kappa shape index (κ1) is 19.0. The summed E-state index contributed by atoms with van der Waals surface area (Å²) in [6, 6.07) is 12.7. The molecule has 1 saturated heterocycles. The van der Waals surface area contributed by atoms with Crippen molar-refractivity contribution in [1.82, 2.24) is 20.2 Å². The summed E-state index contributed by atoms with van der Waals surface area (Å²) in [6.07, 6.45) is 2.46. The lowest BCUT2D eigenvalue weighted by Crippen LogP contribution is -2.37. The molecule has 0 unspecified atom stereocenters. The van der Waals surface area contributed by atoms with E-state index in [0.717, 1.165) is 41.3 Å². The highest BCUT2D eigenvalue weighted by Crippen LogP contribution is 2.32. The van der Waals surface area contributed by atoms with Crippen LogP contribution in [0.4, 0.5) is 0 Å². The minimum Gasteiger partial charge on any atom is -0.497 e. The molecule has 5 nitrogen and oxygen atoms in total. The van der Waals surface area contributed by atoms with Gasteiger partial charge in [0.2, 0.25) is 0 Å². The molecule has 0 spiro atoms. The fraction of sp³-hybridized carbons (Fsp3) is 0.435. The van der Waals surface area contributed by atoms with Crippen molar-refractivity contribution in [2.45, 2.75) is 25.7 Å². The van der Waals surface area contributed by atoms with Crippen molar-refractivity contribution in [2.75, 3.05) is 40.3 Å². The second kappa shape index (κ2) is 8.33. The summed E-state index contributed by atoms with van der Waals surface area (Å²) in [5, 5.41) is 3.25. The van der Waals surface area contributed by atoms with E-state index in [1.54, 1.807) is 7.11 Å². The summed E-state index contributed by atoms with van der Waals surface area (Å²) in [4.78, 5) is 11.0. The number of aromatic amines is 1. The maximum atomic E-state index is 5.26. The molecule has 0 saturated carbocycles. The lowest BCUT2D eigenvalue weighted by molar-refractivity contribution is 0.214. The Morgan fingerprint density at radius 2 is 1.93 bits per heavy atom. The van der Waals surface area contributed by atoms with Gasteiger partial charge in [0.15, 0.2) is 0 Å². The van der Waals surface area contributed by atoms with Crippen LogP contribution >= 0.6 is 0 Å². The van der Waals surface area contributed by atoms with Crippen LogP contribution in [0, 0.1) is 6.92 Å². The maximum absolute atomic E-state index is 5.26. The van der Waals surface area contributed by atoms with Crippen LogP contribution in [-0.2, 0) is 0 Å². The minimum absolute atomic E-state index is 0.640. The third kappa shape index (κ3) is 3.91. The van der Waals surface area contributed by atoms with Gasteiger partial charge in [-0.05, 0) is 87.3 Å². The van der Waals surface area contributed by atoms with E-state index < -0.39 is 0 Å². The number of likely N-dealkylation sites (N-methyl/N-ethyl adjacent to an activating group) is 1. The van der Waals surface area contributed by atoms with E-state index in [9.17, 15) is 0 Å². The Balaban J connectivity index is 1.55. The van der Waals surface area contributed by atoms with Gasteiger partial charge in [0.25, 0.3) is 0 Å². The second-order valence-electron chi connectivity index (χ2n) is 7.77. The van der Waals surface area contributed by atoms with Crippen LogP contribution in [0.2, 0.25) is 0 Å². The van der Waals surface area contributed by atoms with Crippen LogP contribution < -0.4 is 10.1 Å². The predicted octanol–water partition coefficient (Wildman–Crippen LogP) is 3.95. The molecule has 2 aromatic carbocycles. The fourth-order valence-electron chi connectivity index (χ4n) is 4.20. The van der Waals surface area contributed by atoms with Crippen molar-refractivity contribution in [1.29, 1.82) is 0 Å². The highest BCUT2D eigenvalue weighted by atomic mass is 16.5. The molecular weight excluding hydrogens is 348 g/mol. The molecule has 4 rings (SSSR count). The quantitative estimate of drug-likeness (QED) is 0.682. The number of aromatic nitrogens is 2. The molecule has 1 aromatic heterocycles. The average molecular weight is 379 g/mol. The third-order valence-electron chi connectivity index (χ3n) is 5.90. The van der Waals surface area contributed by atoms with Gasteiger partial charge in [-0.15, -0.1) is 0 Å². The van der Waals surface area contributed by atoms with Crippen molar-refractivity contribution in [3.8, 4) is 17.1 Å². The average Bonchev–Trinajstić information content (AvgIpc) is 3.17. The number of ether oxygens (including phenoxy) is 1. The van der Waals surface area contributed by atoms with E-state index in [1.807, 2.05) is 31.3 Å². The minimum atomic E-state index is 0.640. The zero-order valence-electron chi connectivity index (χ0n) is 17.1. The Morgan fingerprint density at radius 1 is 1.18 bits per heavy atom. The van der Waals surface area contributed by atoms with Crippen LogP contribution in [0.15, 0.2) is 36.4 Å². The summed E-state index contributed by atoms with van der Waals surface area (Å²) in [5.74, 6) is 2.42. The summed E-state index contributed by atoms with van der Waals surface area (Å²) >= 11 is 0. The predicted molar refractivity (Wildman–Crippen MR) is 115 cm³/mol. The van der Waals surface area contributed by atoms with E-state index in [2.05, 4.69) is 34.3 Å². The topological polar surface area (TPSA) is 53.2 Å². The number of imidazole rings is 1. The number of aryl methyl sites for hydroxylation is 1. The van der Waals surface area contributed by atoms with Crippen molar-refractivity contribution in [3.05, 3.63) is 47.5 Å². The van der Waals surface area contributed by atoms with Gasteiger partial charge in [0, 0.05) is 18.7 Å². The molecule has 0 atom stereocenters. The normalized spacial score (nSPS) is 16.0. The van der Waals surface area contributed by atoms with E-state index in [0.29, 0.717) is 5.92 Å². The van der Waals surface area contributed by atoms with Gasteiger partial charge >= 0.3 is 0 Å². The van der Waals surface area contributed by atoms with Crippen LogP contribution in [0.1, 0.15) is 29.9 Å². The van der Waals surface area contributed by atoms with E-state index in [4.69, 9.17) is 9.72 Å². The largest absolute Gasteiger partial charge is 0.497 e. The zero-order valence-corrected chi connectivity index (χ0v) is 17.1. The van der Waals surface area contributed by atoms with Crippen molar-refractivity contribution in [2.24, 2.45) is 0 Å². The number of likely N-dealkylation sites (tertiary alicyclic amines) is 1. The van der Waals surface area contributed by atoms with E-state index in [-0.39, 0.29) is 0 Å². The number of benzene rings is 2. The molecule has 148 valence electrons. The van der Waals surface area contributed by atoms with Crippen LogP contribution in [0.3, 0.4) is 0 Å². The molecule has 1 aliphatic heterocycles.